The largest absolute Gasteiger partial charge is 0.506 e. The molecule has 18 heavy (non-hydrogen) atoms. The lowest BCUT2D eigenvalue weighted by Gasteiger charge is -2.15. The first-order chi connectivity index (χ1) is 8.31. The highest BCUT2D eigenvalue weighted by Gasteiger charge is 2.23. The van der Waals surface area contributed by atoms with Crippen LogP contribution < -0.4 is 0 Å². The number of aliphatic carboxylic acids is 2. The number of phenols is 1. The number of aromatic hydroxyl groups is 1. The van der Waals surface area contributed by atoms with E-state index in [1.54, 1.807) is 0 Å². The fraction of sp³-hybridized carbons (Fsp3) is 0.273. The fourth-order valence-electron chi connectivity index (χ4n) is 1.61. The molecule has 1 rings (SSSR count). The summed E-state index contributed by atoms with van der Waals surface area (Å²) in [7, 11) is 0. The zero-order valence-electron chi connectivity index (χ0n) is 9.06. The van der Waals surface area contributed by atoms with E-state index >= 15 is 0 Å². The van der Waals surface area contributed by atoms with E-state index in [0.717, 1.165) is 0 Å². The number of carboxylic acid groups (broad SMARTS) is 2. The lowest BCUT2D eigenvalue weighted by atomic mass is 9.92. The summed E-state index contributed by atoms with van der Waals surface area (Å²) in [6.07, 6.45) is -0.868. The molecule has 5 nitrogen and oxygen atoms in total. The second-order valence-corrected chi connectivity index (χ2v) is 4.56. The van der Waals surface area contributed by atoms with Gasteiger partial charge in [0.15, 0.2) is 0 Å². The maximum absolute atomic E-state index is 10.7. The zero-order chi connectivity index (χ0) is 13.9. The number of benzene rings is 1. The van der Waals surface area contributed by atoms with Crippen LogP contribution in [0.2, 0.25) is 10.0 Å². The summed E-state index contributed by atoms with van der Waals surface area (Å²) in [6, 6.07) is 2.61. The molecule has 0 aliphatic heterocycles. The van der Waals surface area contributed by atoms with Crippen molar-refractivity contribution in [1.82, 2.24) is 0 Å². The predicted molar refractivity (Wildman–Crippen MR) is 65.4 cm³/mol. The molecule has 0 aliphatic carbocycles. The van der Waals surface area contributed by atoms with Crippen LogP contribution in [0.4, 0.5) is 0 Å². The summed E-state index contributed by atoms with van der Waals surface area (Å²) in [5, 5.41) is 27.4. The van der Waals surface area contributed by atoms with E-state index in [1.807, 2.05) is 0 Å². The van der Waals surface area contributed by atoms with E-state index in [-0.39, 0.29) is 21.4 Å². The zero-order valence-corrected chi connectivity index (χ0v) is 10.6. The Morgan fingerprint density at radius 3 is 2.06 bits per heavy atom. The van der Waals surface area contributed by atoms with Gasteiger partial charge in [-0.25, -0.2) is 0 Å². The monoisotopic (exact) mass is 292 g/mol. The van der Waals surface area contributed by atoms with Crippen molar-refractivity contribution in [2.45, 2.75) is 18.8 Å². The molecule has 0 heterocycles. The third kappa shape index (κ3) is 3.78. The standard InChI is InChI=1S/C11H10Cl2O5/c12-6-3-7(11(18)8(13)4-6)5(1-9(14)15)2-10(16)17/h3-5,18H,1-2H2,(H,14,15)(H,16,17). The van der Waals surface area contributed by atoms with Crippen molar-refractivity contribution in [2.75, 3.05) is 0 Å². The lowest BCUT2D eigenvalue weighted by Crippen LogP contribution is -2.11. The third-order valence-corrected chi connectivity index (χ3v) is 2.85. The van der Waals surface area contributed by atoms with Crippen LogP contribution in [0, 0.1) is 0 Å². The van der Waals surface area contributed by atoms with Gasteiger partial charge >= 0.3 is 11.9 Å². The smallest absolute Gasteiger partial charge is 0.303 e. The molecule has 7 heteroatoms. The molecule has 0 radical (unpaired) electrons. The molecular weight excluding hydrogens is 283 g/mol. The summed E-state index contributed by atoms with van der Waals surface area (Å²) in [5.41, 5.74) is 0.123. The Bertz CT molecular complexity index is 471. The van der Waals surface area contributed by atoms with Crippen LogP contribution in [0.1, 0.15) is 24.3 Å². The number of carbonyl (C=O) groups is 2. The number of halogens is 2. The Morgan fingerprint density at radius 2 is 1.61 bits per heavy atom. The number of carboxylic acids is 2. The normalized spacial score (nSPS) is 10.6. The molecule has 0 fully saturated rings. The molecule has 0 aromatic heterocycles. The topological polar surface area (TPSA) is 94.8 Å². The first kappa shape index (κ1) is 14.6. The summed E-state index contributed by atoms with van der Waals surface area (Å²) >= 11 is 11.5. The van der Waals surface area contributed by atoms with Gasteiger partial charge in [0.25, 0.3) is 0 Å². The van der Waals surface area contributed by atoms with E-state index in [2.05, 4.69) is 0 Å². The van der Waals surface area contributed by atoms with E-state index in [0.29, 0.717) is 0 Å². The average Bonchev–Trinajstić information content (AvgIpc) is 2.21. The summed E-state index contributed by atoms with van der Waals surface area (Å²) in [4.78, 5) is 21.4. The second kappa shape index (κ2) is 5.93. The van der Waals surface area contributed by atoms with Gasteiger partial charge in [0.2, 0.25) is 0 Å². The van der Waals surface area contributed by atoms with E-state index in [4.69, 9.17) is 33.4 Å². The van der Waals surface area contributed by atoms with Gasteiger partial charge in [-0.3, -0.25) is 9.59 Å². The highest BCUT2D eigenvalue weighted by Crippen LogP contribution is 2.38. The first-order valence-corrected chi connectivity index (χ1v) is 5.68. The molecule has 3 N–H and O–H groups in total. The van der Waals surface area contributed by atoms with E-state index < -0.39 is 30.7 Å². The quantitative estimate of drug-likeness (QED) is 0.776. The molecular formula is C11H10Cl2O5. The van der Waals surface area contributed by atoms with Crippen LogP contribution in [-0.4, -0.2) is 27.3 Å². The minimum absolute atomic E-state index is 0.0433. The molecule has 0 aliphatic rings. The van der Waals surface area contributed by atoms with Crippen molar-refractivity contribution in [3.63, 3.8) is 0 Å². The minimum Gasteiger partial charge on any atom is -0.506 e. The Labute approximate surface area is 113 Å². The van der Waals surface area contributed by atoms with Crippen LogP contribution in [0.3, 0.4) is 0 Å². The van der Waals surface area contributed by atoms with Crippen molar-refractivity contribution in [3.05, 3.63) is 27.7 Å². The number of phenolic OH excluding ortho intramolecular Hbond substituents is 1. The van der Waals surface area contributed by atoms with Crippen LogP contribution in [0.5, 0.6) is 5.75 Å². The van der Waals surface area contributed by atoms with Crippen molar-refractivity contribution in [1.29, 1.82) is 0 Å². The number of hydrogen-bond donors (Lipinski definition) is 3. The number of hydrogen-bond acceptors (Lipinski definition) is 3. The molecule has 0 amide bonds. The Morgan fingerprint density at radius 1 is 1.11 bits per heavy atom. The molecule has 0 saturated heterocycles. The van der Waals surface area contributed by atoms with Crippen LogP contribution in [0.25, 0.3) is 0 Å². The van der Waals surface area contributed by atoms with Gasteiger partial charge in [-0.15, -0.1) is 0 Å². The molecule has 0 atom stereocenters. The third-order valence-electron chi connectivity index (χ3n) is 2.34. The summed E-state index contributed by atoms with van der Waals surface area (Å²) in [5.74, 6) is -3.57. The van der Waals surface area contributed by atoms with E-state index in [9.17, 15) is 14.7 Å². The van der Waals surface area contributed by atoms with Gasteiger partial charge in [-0.05, 0) is 12.1 Å². The number of rotatable bonds is 5. The maximum Gasteiger partial charge on any atom is 0.303 e. The van der Waals surface area contributed by atoms with Crippen molar-refractivity contribution in [3.8, 4) is 5.75 Å². The fourth-order valence-corrected chi connectivity index (χ4v) is 2.12. The molecule has 1 aromatic rings. The van der Waals surface area contributed by atoms with Crippen molar-refractivity contribution < 1.29 is 24.9 Å². The molecule has 0 saturated carbocycles. The van der Waals surface area contributed by atoms with E-state index in [1.165, 1.54) is 12.1 Å². The molecule has 0 unspecified atom stereocenters. The lowest BCUT2D eigenvalue weighted by molar-refractivity contribution is -0.139. The van der Waals surface area contributed by atoms with Crippen LogP contribution >= 0.6 is 23.2 Å². The van der Waals surface area contributed by atoms with Crippen molar-refractivity contribution >= 4 is 35.1 Å². The van der Waals surface area contributed by atoms with Gasteiger partial charge in [-0.2, -0.15) is 0 Å². The predicted octanol–water partition coefficient (Wildman–Crippen LogP) is 2.73. The molecule has 98 valence electrons. The van der Waals surface area contributed by atoms with Gasteiger partial charge in [-0.1, -0.05) is 23.2 Å². The van der Waals surface area contributed by atoms with Gasteiger partial charge < -0.3 is 15.3 Å². The summed E-state index contributed by atoms with van der Waals surface area (Å²) in [6.45, 7) is 0. The van der Waals surface area contributed by atoms with Gasteiger partial charge in [0, 0.05) is 16.5 Å². The molecule has 1 aromatic carbocycles. The Hall–Kier alpha value is -1.46. The second-order valence-electron chi connectivity index (χ2n) is 3.72. The SMILES string of the molecule is O=C(O)CC(CC(=O)O)c1cc(Cl)cc(Cl)c1O. The highest BCUT2D eigenvalue weighted by molar-refractivity contribution is 6.35. The minimum atomic E-state index is -1.17. The van der Waals surface area contributed by atoms with Crippen LogP contribution in [0.15, 0.2) is 12.1 Å². The molecule has 0 spiro atoms. The Balaban J connectivity index is 3.19. The van der Waals surface area contributed by atoms with Gasteiger partial charge in [0.05, 0.1) is 17.9 Å². The Kier molecular flexibility index (Phi) is 4.81. The van der Waals surface area contributed by atoms with Crippen molar-refractivity contribution in [2.24, 2.45) is 0 Å². The average molecular weight is 293 g/mol. The maximum atomic E-state index is 10.7. The highest BCUT2D eigenvalue weighted by atomic mass is 35.5. The first-order valence-electron chi connectivity index (χ1n) is 4.92. The van der Waals surface area contributed by atoms with Gasteiger partial charge in [0.1, 0.15) is 5.75 Å². The van der Waals surface area contributed by atoms with Crippen LogP contribution in [-0.2, 0) is 9.59 Å². The summed E-state index contributed by atoms with van der Waals surface area (Å²) < 4.78 is 0. The molecule has 0 bridgehead atoms.